The Bertz CT molecular complexity index is 464. The summed E-state index contributed by atoms with van der Waals surface area (Å²) in [6, 6.07) is 2.42. The molecule has 0 aliphatic heterocycles. The summed E-state index contributed by atoms with van der Waals surface area (Å²) in [5, 5.41) is 8.77. The molecule has 0 spiro atoms. The van der Waals surface area contributed by atoms with Crippen LogP contribution >= 0.6 is 0 Å². The van der Waals surface area contributed by atoms with Crippen LogP contribution in [-0.2, 0) is 4.74 Å². The van der Waals surface area contributed by atoms with Crippen LogP contribution in [0.5, 0.6) is 11.6 Å². The average molecular weight is 295 g/mol. The Hall–Kier alpha value is -2.03. The number of hydrogen-bond donors (Lipinski definition) is 1. The molecule has 0 aliphatic rings. The van der Waals surface area contributed by atoms with Crippen molar-refractivity contribution in [2.24, 2.45) is 0 Å². The summed E-state index contributed by atoms with van der Waals surface area (Å²) in [5.74, 6) is -1.31. The van der Waals surface area contributed by atoms with E-state index in [0.29, 0.717) is 0 Å². The number of rotatable bonds is 7. The van der Waals surface area contributed by atoms with E-state index in [9.17, 15) is 18.0 Å². The van der Waals surface area contributed by atoms with Crippen molar-refractivity contribution < 1.29 is 37.3 Å². The fourth-order valence-electron chi connectivity index (χ4n) is 1.21. The highest BCUT2D eigenvalue weighted by molar-refractivity contribution is 5.85. The van der Waals surface area contributed by atoms with E-state index in [0.717, 1.165) is 6.07 Å². The Morgan fingerprint density at radius 1 is 1.30 bits per heavy atom. The van der Waals surface area contributed by atoms with Crippen LogP contribution < -0.4 is 9.47 Å². The van der Waals surface area contributed by atoms with Gasteiger partial charge in [-0.25, -0.2) is 9.78 Å². The van der Waals surface area contributed by atoms with Crippen molar-refractivity contribution in [3.8, 4) is 11.6 Å². The topological polar surface area (TPSA) is 77.9 Å². The largest absolute Gasteiger partial charge is 0.522 e. The van der Waals surface area contributed by atoms with Crippen molar-refractivity contribution in [3.63, 3.8) is 0 Å². The molecular weight excluding hydrogens is 283 g/mol. The first-order chi connectivity index (χ1) is 9.33. The molecule has 1 heterocycles. The molecule has 0 fully saturated rings. The van der Waals surface area contributed by atoms with Crippen LogP contribution in [0.25, 0.3) is 0 Å². The Balaban J connectivity index is 2.66. The van der Waals surface area contributed by atoms with E-state index in [1.807, 2.05) is 0 Å². The van der Waals surface area contributed by atoms with Crippen molar-refractivity contribution in [2.45, 2.75) is 13.3 Å². The maximum absolute atomic E-state index is 11.7. The highest BCUT2D eigenvalue weighted by Crippen LogP contribution is 2.25. The molecule has 0 aliphatic carbocycles. The van der Waals surface area contributed by atoms with Crippen LogP contribution in [0, 0.1) is 0 Å². The van der Waals surface area contributed by atoms with Gasteiger partial charge >= 0.3 is 12.3 Å². The van der Waals surface area contributed by atoms with E-state index in [1.165, 1.54) is 6.07 Å². The minimum Gasteiger partial charge on any atom is -0.486 e. The zero-order valence-electron chi connectivity index (χ0n) is 10.4. The number of ether oxygens (including phenoxy) is 3. The number of aromatic carboxylic acids is 1. The van der Waals surface area contributed by atoms with Gasteiger partial charge in [0.1, 0.15) is 6.61 Å². The first-order valence-electron chi connectivity index (χ1n) is 5.54. The number of aromatic nitrogens is 1. The van der Waals surface area contributed by atoms with Crippen molar-refractivity contribution in [2.75, 3.05) is 19.8 Å². The molecule has 9 heteroatoms. The van der Waals surface area contributed by atoms with Gasteiger partial charge in [-0.1, -0.05) is 0 Å². The van der Waals surface area contributed by atoms with Crippen molar-refractivity contribution in [1.82, 2.24) is 4.98 Å². The second kappa shape index (κ2) is 6.94. The van der Waals surface area contributed by atoms with Gasteiger partial charge in [-0.3, -0.25) is 4.74 Å². The van der Waals surface area contributed by atoms with E-state index in [1.54, 1.807) is 6.92 Å². The minimum absolute atomic E-state index is 0.0441. The molecule has 0 bridgehead atoms. The molecule has 6 nitrogen and oxygen atoms in total. The summed E-state index contributed by atoms with van der Waals surface area (Å²) in [4.78, 5) is 14.4. The smallest absolute Gasteiger partial charge is 0.486 e. The predicted octanol–water partition coefficient (Wildman–Crippen LogP) is 2.09. The van der Waals surface area contributed by atoms with Gasteiger partial charge in [-0.15, -0.1) is 13.2 Å². The maximum Gasteiger partial charge on any atom is 0.522 e. The van der Waals surface area contributed by atoms with Gasteiger partial charge in [0, 0.05) is 0 Å². The third-order valence-electron chi connectivity index (χ3n) is 1.93. The number of alkyl halides is 3. The third-order valence-corrected chi connectivity index (χ3v) is 1.93. The normalized spacial score (nSPS) is 11.2. The quantitative estimate of drug-likeness (QED) is 0.776. The van der Waals surface area contributed by atoms with Gasteiger partial charge in [-0.05, 0) is 19.1 Å². The van der Waals surface area contributed by atoms with Crippen LogP contribution in [0.2, 0.25) is 0 Å². The molecular formula is C11H12F3NO5. The summed E-state index contributed by atoms with van der Waals surface area (Å²) >= 11 is 0. The van der Waals surface area contributed by atoms with Gasteiger partial charge in [0.2, 0.25) is 0 Å². The fourth-order valence-corrected chi connectivity index (χ4v) is 1.21. The van der Waals surface area contributed by atoms with E-state index in [4.69, 9.17) is 14.6 Å². The summed E-state index contributed by atoms with van der Waals surface area (Å²) in [5.41, 5.74) is -0.257. The predicted molar refractivity (Wildman–Crippen MR) is 59.9 cm³/mol. The van der Waals surface area contributed by atoms with Crippen LogP contribution in [0.3, 0.4) is 0 Å². The highest BCUT2D eigenvalue weighted by atomic mass is 19.4. The zero-order valence-corrected chi connectivity index (χ0v) is 10.4. The lowest BCUT2D eigenvalue weighted by molar-refractivity contribution is -0.325. The second-order valence-corrected chi connectivity index (χ2v) is 3.38. The molecule has 0 amide bonds. The highest BCUT2D eigenvalue weighted by Gasteiger charge is 2.28. The first-order valence-corrected chi connectivity index (χ1v) is 5.54. The molecule has 20 heavy (non-hydrogen) atoms. The number of nitrogens with zero attached hydrogens (tertiary/aromatic N) is 1. The first kappa shape index (κ1) is 16.0. The fraction of sp³-hybridized carbons (Fsp3) is 0.455. The average Bonchev–Trinajstić information content (AvgIpc) is 2.35. The van der Waals surface area contributed by atoms with Crippen molar-refractivity contribution in [1.29, 1.82) is 0 Å². The van der Waals surface area contributed by atoms with Crippen LogP contribution in [0.4, 0.5) is 13.2 Å². The van der Waals surface area contributed by atoms with Gasteiger partial charge in [0.25, 0.3) is 5.88 Å². The number of halogens is 3. The Morgan fingerprint density at radius 3 is 2.55 bits per heavy atom. The summed E-state index contributed by atoms with van der Waals surface area (Å²) in [6.07, 6.45) is -4.72. The number of pyridine rings is 1. The van der Waals surface area contributed by atoms with Gasteiger partial charge < -0.3 is 14.6 Å². The molecule has 1 aromatic heterocycles. The van der Waals surface area contributed by atoms with E-state index >= 15 is 0 Å². The van der Waals surface area contributed by atoms with Crippen molar-refractivity contribution >= 4 is 5.97 Å². The lowest BCUT2D eigenvalue weighted by Crippen LogP contribution is -2.18. The molecule has 112 valence electrons. The number of carboxylic acids is 1. The summed E-state index contributed by atoms with van der Waals surface area (Å²) < 4.78 is 48.8. The molecule has 0 atom stereocenters. The number of carbonyl (C=O) groups is 1. The van der Waals surface area contributed by atoms with Crippen LogP contribution in [0.15, 0.2) is 12.1 Å². The number of hydrogen-bond acceptors (Lipinski definition) is 5. The van der Waals surface area contributed by atoms with Crippen LogP contribution in [0.1, 0.15) is 17.4 Å². The van der Waals surface area contributed by atoms with Gasteiger partial charge in [0.05, 0.1) is 13.2 Å². The third kappa shape index (κ3) is 5.31. The van der Waals surface area contributed by atoms with Crippen LogP contribution in [-0.4, -0.2) is 42.2 Å². The van der Waals surface area contributed by atoms with E-state index in [2.05, 4.69) is 9.72 Å². The molecule has 0 saturated heterocycles. The standard InChI is InChI=1S/C11H12F3NO5/c1-2-18-9-8(4-3-7(15-9)10(16)17)19-5-6-20-11(12,13)14/h3-4H,2,5-6H2,1H3,(H,16,17). The molecule has 1 rings (SSSR count). The lowest BCUT2D eigenvalue weighted by atomic mass is 10.3. The minimum atomic E-state index is -4.72. The molecule has 0 radical (unpaired) electrons. The molecule has 1 aromatic rings. The SMILES string of the molecule is CCOc1nc(C(=O)O)ccc1OCCOC(F)(F)F. The molecule has 1 N–H and O–H groups in total. The Morgan fingerprint density at radius 2 is 2.00 bits per heavy atom. The number of carboxylic acid groups (broad SMARTS) is 1. The van der Waals surface area contributed by atoms with E-state index in [-0.39, 0.29) is 30.5 Å². The maximum atomic E-state index is 11.7. The summed E-state index contributed by atoms with van der Waals surface area (Å²) in [7, 11) is 0. The summed E-state index contributed by atoms with van der Waals surface area (Å²) in [6.45, 7) is 0.764. The van der Waals surface area contributed by atoms with Crippen molar-refractivity contribution in [3.05, 3.63) is 17.8 Å². The lowest BCUT2D eigenvalue weighted by Gasteiger charge is -2.12. The second-order valence-electron chi connectivity index (χ2n) is 3.38. The van der Waals surface area contributed by atoms with Gasteiger partial charge in [-0.2, -0.15) is 0 Å². The Labute approximate surface area is 112 Å². The van der Waals surface area contributed by atoms with E-state index < -0.39 is 18.9 Å². The zero-order chi connectivity index (χ0) is 15.2. The monoisotopic (exact) mass is 295 g/mol. The molecule has 0 aromatic carbocycles. The van der Waals surface area contributed by atoms with Gasteiger partial charge in [0.15, 0.2) is 11.4 Å². The molecule has 0 saturated carbocycles. The Kier molecular flexibility index (Phi) is 5.56. The molecule has 0 unspecified atom stereocenters.